The number of benzene rings is 1. The van der Waals surface area contributed by atoms with E-state index in [0.717, 1.165) is 57.7 Å². The molecule has 6 rings (SSSR count). The van der Waals surface area contributed by atoms with Gasteiger partial charge in [-0.25, -0.2) is 9.97 Å². The van der Waals surface area contributed by atoms with Gasteiger partial charge in [0, 0.05) is 69.2 Å². The zero-order valence-corrected chi connectivity index (χ0v) is 25.4. The van der Waals surface area contributed by atoms with Crippen molar-refractivity contribution < 1.29 is 22.7 Å². The molecule has 0 aliphatic carbocycles. The molecule has 0 spiro atoms. The fourth-order valence-electron chi connectivity index (χ4n) is 6.41. The summed E-state index contributed by atoms with van der Waals surface area (Å²) in [6.45, 7) is 7.66. The summed E-state index contributed by atoms with van der Waals surface area (Å²) in [5.41, 5.74) is 2.68. The van der Waals surface area contributed by atoms with Gasteiger partial charge in [-0.05, 0) is 63.1 Å². The summed E-state index contributed by atoms with van der Waals surface area (Å²) in [4.78, 5) is 29.2. The van der Waals surface area contributed by atoms with Gasteiger partial charge < -0.3 is 24.4 Å². The molecule has 0 atom stereocenters. The number of hydrogen-bond acceptors (Lipinski definition) is 7. The molecule has 0 radical (unpaired) electrons. The van der Waals surface area contributed by atoms with Crippen molar-refractivity contribution in [1.82, 2.24) is 29.2 Å². The van der Waals surface area contributed by atoms with Crippen LogP contribution in [0.4, 0.5) is 24.8 Å². The Bertz CT molecular complexity index is 1480. The van der Waals surface area contributed by atoms with E-state index < -0.39 is 11.9 Å². The van der Waals surface area contributed by atoms with Gasteiger partial charge in [-0.3, -0.25) is 9.69 Å². The molecule has 5 heterocycles. The summed E-state index contributed by atoms with van der Waals surface area (Å²) in [5.74, 6) is 0.659. The summed E-state index contributed by atoms with van der Waals surface area (Å²) in [5, 5.41) is 3.14. The number of halogens is 4. The molecule has 2 fully saturated rings. The number of aromatic nitrogens is 3. The van der Waals surface area contributed by atoms with E-state index in [2.05, 4.69) is 32.1 Å². The van der Waals surface area contributed by atoms with Crippen molar-refractivity contribution in [2.75, 3.05) is 58.7 Å². The lowest BCUT2D eigenvalue weighted by Crippen LogP contribution is -2.52. The second-order valence-corrected chi connectivity index (χ2v) is 11.4. The first-order chi connectivity index (χ1) is 20.1. The topological polar surface area (TPSA) is 78.8 Å². The van der Waals surface area contributed by atoms with Crippen molar-refractivity contribution in [3.8, 4) is 17.1 Å². The third-order valence-electron chi connectivity index (χ3n) is 8.77. The van der Waals surface area contributed by atoms with Gasteiger partial charge in [0.25, 0.3) is 5.91 Å². The first-order valence-corrected chi connectivity index (χ1v) is 14.4. The molecule has 0 saturated carbocycles. The van der Waals surface area contributed by atoms with E-state index in [1.165, 1.54) is 17.7 Å². The number of hydrogen-bond donors (Lipinski definition) is 1. The predicted molar refractivity (Wildman–Crippen MR) is 160 cm³/mol. The fraction of sp³-hybridized carbons (Fsp3) is 0.500. The number of rotatable bonds is 5. The highest BCUT2D eigenvalue weighted by Gasteiger charge is 2.38. The summed E-state index contributed by atoms with van der Waals surface area (Å²) >= 11 is 0. The summed E-state index contributed by atoms with van der Waals surface area (Å²) in [6.07, 6.45) is -0.442. The highest BCUT2D eigenvalue weighted by atomic mass is 35.5. The number of piperidine rings is 1. The smallest absolute Gasteiger partial charge is 0.431 e. The third-order valence-corrected chi connectivity index (χ3v) is 8.77. The normalized spacial score (nSPS) is 18.0. The zero-order chi connectivity index (χ0) is 29.6. The SMILES string of the molecule is COc1cc(C(=O)N2CCC(N3CCN(C)CC3)CC2)ccc1Nc1ncc2c(n1)-c1c(C)cc(C(F)(F)F)n1CC2.Cl. The molecular formula is C30H37ClF3N7O2. The Morgan fingerprint density at radius 3 is 2.44 bits per heavy atom. The van der Waals surface area contributed by atoms with Gasteiger partial charge in [0.05, 0.1) is 24.2 Å². The molecule has 1 amide bonds. The Morgan fingerprint density at radius 2 is 1.77 bits per heavy atom. The van der Waals surface area contributed by atoms with Crippen molar-refractivity contribution in [3.63, 3.8) is 0 Å². The lowest BCUT2D eigenvalue weighted by atomic mass is 10.0. The van der Waals surface area contributed by atoms with E-state index in [9.17, 15) is 18.0 Å². The second-order valence-electron chi connectivity index (χ2n) is 11.4. The Hall–Kier alpha value is -3.35. The predicted octanol–water partition coefficient (Wildman–Crippen LogP) is 4.85. The minimum Gasteiger partial charge on any atom is -0.495 e. The standard InChI is InChI=1S/C30H36F3N7O2.ClH/c1-19-16-25(30(31,32)33)40-11-6-21-18-34-29(36-26(21)27(19)40)35-23-5-4-20(17-24(23)42-3)28(41)39-9-7-22(8-10-39)38-14-12-37(2)13-15-38;/h4-5,16-18,22H,6-15H2,1-3H3,(H,34,35,36);1H. The van der Waals surface area contributed by atoms with Crippen molar-refractivity contribution in [1.29, 1.82) is 0 Å². The van der Waals surface area contributed by atoms with Crippen LogP contribution in [-0.2, 0) is 19.1 Å². The van der Waals surface area contributed by atoms with Crippen LogP contribution in [0, 0.1) is 6.92 Å². The molecule has 43 heavy (non-hydrogen) atoms. The maximum Gasteiger partial charge on any atom is 0.431 e. The minimum atomic E-state index is -4.44. The van der Waals surface area contributed by atoms with Crippen LogP contribution >= 0.6 is 12.4 Å². The molecule has 1 aromatic carbocycles. The van der Waals surface area contributed by atoms with Gasteiger partial charge in [-0.2, -0.15) is 13.2 Å². The lowest BCUT2D eigenvalue weighted by Gasteiger charge is -2.42. The molecule has 13 heteroatoms. The number of alkyl halides is 3. The lowest BCUT2D eigenvalue weighted by molar-refractivity contribution is -0.143. The number of anilines is 2. The minimum absolute atomic E-state index is 0. The number of carbonyl (C=O) groups excluding carboxylic acids is 1. The second kappa shape index (κ2) is 12.3. The van der Waals surface area contributed by atoms with E-state index in [4.69, 9.17) is 4.74 Å². The number of carbonyl (C=O) groups is 1. The molecule has 3 aromatic rings. The molecule has 0 unspecified atom stereocenters. The van der Waals surface area contributed by atoms with Gasteiger partial charge in [0.15, 0.2) is 0 Å². The van der Waals surface area contributed by atoms with E-state index in [0.29, 0.717) is 46.4 Å². The largest absolute Gasteiger partial charge is 0.495 e. The summed E-state index contributed by atoms with van der Waals surface area (Å²) in [7, 11) is 3.68. The van der Waals surface area contributed by atoms with Crippen LogP contribution in [0.1, 0.15) is 40.0 Å². The van der Waals surface area contributed by atoms with Gasteiger partial charge in [-0.1, -0.05) is 0 Å². The molecular weight excluding hydrogens is 583 g/mol. The molecule has 1 N–H and O–H groups in total. The molecule has 2 saturated heterocycles. The number of likely N-dealkylation sites (N-methyl/N-ethyl adjacent to an activating group) is 1. The van der Waals surface area contributed by atoms with E-state index in [-0.39, 0.29) is 30.8 Å². The average Bonchev–Trinajstić information content (AvgIpc) is 3.35. The Morgan fingerprint density at radius 1 is 1.05 bits per heavy atom. The number of piperazine rings is 1. The molecule has 2 aromatic heterocycles. The molecule has 9 nitrogen and oxygen atoms in total. The van der Waals surface area contributed by atoms with Crippen LogP contribution in [0.2, 0.25) is 0 Å². The van der Waals surface area contributed by atoms with Gasteiger partial charge in [0.2, 0.25) is 5.95 Å². The first kappa shape index (κ1) is 31.1. The molecule has 3 aliphatic rings. The van der Waals surface area contributed by atoms with E-state index in [1.54, 1.807) is 31.3 Å². The Balaban J connectivity index is 0.00000368. The Kier molecular flexibility index (Phi) is 8.92. The maximum absolute atomic E-state index is 13.6. The summed E-state index contributed by atoms with van der Waals surface area (Å²) in [6, 6.07) is 6.91. The number of nitrogens with zero attached hydrogens (tertiary/aromatic N) is 6. The van der Waals surface area contributed by atoms with Crippen LogP contribution in [0.15, 0.2) is 30.5 Å². The van der Waals surface area contributed by atoms with Gasteiger partial charge >= 0.3 is 6.18 Å². The van der Waals surface area contributed by atoms with Crippen molar-refractivity contribution in [2.24, 2.45) is 0 Å². The van der Waals surface area contributed by atoms with Crippen molar-refractivity contribution >= 4 is 29.9 Å². The zero-order valence-electron chi connectivity index (χ0n) is 24.6. The van der Waals surface area contributed by atoms with Crippen LogP contribution in [-0.4, -0.2) is 94.6 Å². The number of fused-ring (bicyclic) bond motifs is 3. The molecule has 232 valence electrons. The monoisotopic (exact) mass is 619 g/mol. The Labute approximate surface area is 255 Å². The maximum atomic E-state index is 13.6. The first-order valence-electron chi connectivity index (χ1n) is 14.4. The van der Waals surface area contributed by atoms with Crippen LogP contribution in [0.5, 0.6) is 5.75 Å². The quantitative estimate of drug-likeness (QED) is 0.437. The van der Waals surface area contributed by atoms with Crippen molar-refractivity contribution in [2.45, 2.75) is 44.9 Å². The number of amides is 1. The summed E-state index contributed by atoms with van der Waals surface area (Å²) < 4.78 is 47.8. The number of aryl methyl sites for hydroxylation is 2. The third kappa shape index (κ3) is 6.18. The molecule has 3 aliphatic heterocycles. The number of nitrogens with one attached hydrogen (secondary N) is 1. The van der Waals surface area contributed by atoms with Crippen LogP contribution in [0.3, 0.4) is 0 Å². The highest BCUT2D eigenvalue weighted by Crippen LogP contribution is 2.40. The fourth-order valence-corrected chi connectivity index (χ4v) is 6.41. The van der Waals surface area contributed by atoms with Crippen LogP contribution in [0.25, 0.3) is 11.4 Å². The van der Waals surface area contributed by atoms with E-state index in [1.807, 2.05) is 4.90 Å². The number of likely N-dealkylation sites (tertiary alicyclic amines) is 1. The van der Waals surface area contributed by atoms with Crippen molar-refractivity contribution in [3.05, 3.63) is 52.8 Å². The average molecular weight is 620 g/mol. The highest BCUT2D eigenvalue weighted by molar-refractivity contribution is 5.95. The number of ether oxygens (including phenoxy) is 1. The van der Waals surface area contributed by atoms with Gasteiger partial charge in [0.1, 0.15) is 11.4 Å². The van der Waals surface area contributed by atoms with E-state index >= 15 is 0 Å². The molecule has 0 bridgehead atoms. The van der Waals surface area contributed by atoms with Crippen LogP contribution < -0.4 is 10.1 Å². The number of methoxy groups -OCH3 is 1. The van der Waals surface area contributed by atoms with Gasteiger partial charge in [-0.15, -0.1) is 12.4 Å².